The predicted molar refractivity (Wildman–Crippen MR) is 308 cm³/mol. The molecule has 344 valence electrons. The molecule has 0 N–H and O–H groups in total. The summed E-state index contributed by atoms with van der Waals surface area (Å²) < 4.78 is 47.3. The maximum atomic E-state index is 9.30. The minimum absolute atomic E-state index is 0.154. The molecular formula is C70H48N2S. The molecule has 1 aromatic heterocycles. The van der Waals surface area contributed by atoms with E-state index in [0.29, 0.717) is 11.3 Å². The zero-order valence-corrected chi connectivity index (χ0v) is 41.0. The molecule has 1 heterocycles. The Morgan fingerprint density at radius 2 is 0.822 bits per heavy atom. The molecule has 15 rings (SSSR count). The van der Waals surface area contributed by atoms with Gasteiger partial charge in [0.25, 0.3) is 0 Å². The molecular weight excluding hydrogens is 901 g/mol. The molecule has 2 nitrogen and oxygen atoms in total. The van der Waals surface area contributed by atoms with Crippen molar-refractivity contribution >= 4 is 65.6 Å². The Balaban J connectivity index is 1.00. The van der Waals surface area contributed by atoms with Crippen LogP contribution in [0.15, 0.2) is 255 Å². The van der Waals surface area contributed by atoms with Crippen LogP contribution in [0.2, 0.25) is 0 Å². The lowest BCUT2D eigenvalue weighted by Gasteiger charge is -2.34. The summed E-state index contributed by atoms with van der Waals surface area (Å²) in [6.45, 7) is 4.57. The first-order chi connectivity index (χ1) is 38.0. The third-order valence-corrected chi connectivity index (χ3v) is 17.1. The monoisotopic (exact) mass is 953 g/mol. The van der Waals surface area contributed by atoms with Crippen molar-refractivity contribution in [2.45, 2.75) is 24.7 Å². The SMILES string of the molecule is [2H]c1c([2H])c([2H])c(-c2ccccc2N(c2ccc3c(c2)C(C)(C)c2ccccc2-3)c2ccc3c(c2)C2(c4ccccc4-3)c3ccccc3-c3ccc(N(c4ccccc4)c4cccc5sc6ccccc6c45)cc32)c([2H])c1[2H]. The van der Waals surface area contributed by atoms with Crippen LogP contribution < -0.4 is 9.80 Å². The molecule has 11 aromatic carbocycles. The Bertz CT molecular complexity index is 4480. The summed E-state index contributed by atoms with van der Waals surface area (Å²) in [6.07, 6.45) is 0. The molecule has 3 aliphatic carbocycles. The van der Waals surface area contributed by atoms with Crippen molar-refractivity contribution in [1.82, 2.24) is 0 Å². The molecule has 0 saturated heterocycles. The summed E-state index contributed by atoms with van der Waals surface area (Å²) in [7, 11) is 0. The molecule has 3 aliphatic rings. The van der Waals surface area contributed by atoms with E-state index >= 15 is 0 Å². The first-order valence-electron chi connectivity index (χ1n) is 27.5. The van der Waals surface area contributed by atoms with E-state index in [4.69, 9.17) is 4.11 Å². The fourth-order valence-corrected chi connectivity index (χ4v) is 14.0. The Hall–Kier alpha value is -8.76. The number of fused-ring (bicyclic) bond motifs is 16. The smallest absolute Gasteiger partial charge is 0.0727 e. The number of nitrogens with zero attached hydrogens (tertiary/aromatic N) is 2. The van der Waals surface area contributed by atoms with E-state index in [1.54, 1.807) is 0 Å². The second kappa shape index (κ2) is 15.9. The van der Waals surface area contributed by atoms with Crippen molar-refractivity contribution in [1.29, 1.82) is 0 Å². The minimum Gasteiger partial charge on any atom is -0.310 e. The number of thiophene rings is 1. The van der Waals surface area contributed by atoms with Crippen LogP contribution in [-0.4, -0.2) is 0 Å². The molecule has 1 atom stereocenters. The molecule has 0 aliphatic heterocycles. The number of rotatable bonds is 7. The lowest BCUT2D eigenvalue weighted by atomic mass is 9.70. The van der Waals surface area contributed by atoms with Crippen molar-refractivity contribution < 1.29 is 6.85 Å². The summed E-state index contributed by atoms with van der Waals surface area (Å²) in [5.41, 5.74) is 19.6. The second-order valence-electron chi connectivity index (χ2n) is 20.0. The highest BCUT2D eigenvalue weighted by Gasteiger charge is 2.52. The standard InChI is InChI=1S/C70H48N2S/c1-69(2)58-29-14-9-25-51(58)54-39-36-47(42-61(54)69)72(64-32-17-12-24-50(64)45-20-5-3-6-21-45)49-38-41-56-53-27-11-16-31-60(53)70(63(56)44-49)59-30-15-10-26-52(59)55-40-37-48(43-62(55)70)71(46-22-7-4-8-23-46)65-33-19-35-67-68(65)57-28-13-18-34-66(57)73-67/h3-44H,1-2H3/i3D,5D,6D,20D,21D. The number of anilines is 6. The Kier molecular flexibility index (Phi) is 8.06. The second-order valence-corrected chi connectivity index (χ2v) is 21.1. The van der Waals surface area contributed by atoms with Crippen LogP contribution in [0.4, 0.5) is 34.1 Å². The van der Waals surface area contributed by atoms with Gasteiger partial charge in [0.2, 0.25) is 0 Å². The van der Waals surface area contributed by atoms with Crippen LogP contribution in [0, 0.1) is 0 Å². The molecule has 73 heavy (non-hydrogen) atoms. The van der Waals surface area contributed by atoms with E-state index in [1.165, 1.54) is 75.8 Å². The Labute approximate surface area is 437 Å². The highest BCUT2D eigenvalue weighted by Crippen LogP contribution is 2.64. The lowest BCUT2D eigenvalue weighted by Crippen LogP contribution is -2.26. The summed E-state index contributed by atoms with van der Waals surface area (Å²) in [6, 6.07) is 79.3. The minimum atomic E-state index is -0.757. The molecule has 12 aromatic rings. The average molecular weight is 954 g/mol. The van der Waals surface area contributed by atoms with Crippen LogP contribution >= 0.6 is 11.3 Å². The summed E-state index contributed by atoms with van der Waals surface area (Å²) in [4.78, 5) is 4.68. The Morgan fingerprint density at radius 3 is 1.48 bits per heavy atom. The summed E-state index contributed by atoms with van der Waals surface area (Å²) in [5.74, 6) is 0. The zero-order chi connectivity index (χ0) is 52.8. The zero-order valence-electron chi connectivity index (χ0n) is 45.2. The lowest BCUT2D eigenvalue weighted by molar-refractivity contribution is 0.660. The van der Waals surface area contributed by atoms with Gasteiger partial charge in [-0.15, -0.1) is 11.3 Å². The third kappa shape index (κ3) is 5.97. The van der Waals surface area contributed by atoms with Crippen LogP contribution in [0.5, 0.6) is 0 Å². The van der Waals surface area contributed by atoms with Crippen molar-refractivity contribution in [3.05, 3.63) is 288 Å². The Morgan fingerprint density at radius 1 is 0.356 bits per heavy atom. The topological polar surface area (TPSA) is 6.48 Å². The number of benzene rings is 11. The van der Waals surface area contributed by atoms with Gasteiger partial charge >= 0.3 is 0 Å². The number of hydrogen-bond acceptors (Lipinski definition) is 3. The normalized spacial score (nSPS) is 16.1. The van der Waals surface area contributed by atoms with Crippen molar-refractivity contribution in [3.8, 4) is 44.5 Å². The van der Waals surface area contributed by atoms with Gasteiger partial charge < -0.3 is 9.80 Å². The largest absolute Gasteiger partial charge is 0.310 e. The third-order valence-electron chi connectivity index (χ3n) is 15.9. The van der Waals surface area contributed by atoms with E-state index in [2.05, 4.69) is 224 Å². The number of hydrogen-bond donors (Lipinski definition) is 0. The van der Waals surface area contributed by atoms with Crippen molar-refractivity contribution in [3.63, 3.8) is 0 Å². The van der Waals surface area contributed by atoms with Crippen LogP contribution in [0.25, 0.3) is 64.7 Å². The maximum absolute atomic E-state index is 9.30. The van der Waals surface area contributed by atoms with Crippen molar-refractivity contribution in [2.24, 2.45) is 0 Å². The molecule has 0 saturated carbocycles. The highest BCUT2D eigenvalue weighted by atomic mass is 32.1. The first-order valence-corrected chi connectivity index (χ1v) is 25.8. The molecule has 0 radical (unpaired) electrons. The fourth-order valence-electron chi connectivity index (χ4n) is 12.9. The molecule has 0 fully saturated rings. The van der Waals surface area contributed by atoms with E-state index < -0.39 is 11.5 Å². The van der Waals surface area contributed by atoms with Gasteiger partial charge in [-0.05, 0) is 145 Å². The predicted octanol–water partition coefficient (Wildman–Crippen LogP) is 19.3. The van der Waals surface area contributed by atoms with Crippen LogP contribution in [0.3, 0.4) is 0 Å². The van der Waals surface area contributed by atoms with E-state index in [1.807, 2.05) is 35.6 Å². The fraction of sp³-hybridized carbons (Fsp3) is 0.0571. The van der Waals surface area contributed by atoms with Gasteiger partial charge in [-0.25, -0.2) is 0 Å². The number of para-hydroxylation sites is 2. The van der Waals surface area contributed by atoms with Gasteiger partial charge in [-0.2, -0.15) is 0 Å². The van der Waals surface area contributed by atoms with Gasteiger partial charge in [0.1, 0.15) is 0 Å². The first kappa shape index (κ1) is 37.1. The maximum Gasteiger partial charge on any atom is 0.0727 e. The summed E-state index contributed by atoms with van der Waals surface area (Å²) in [5, 5.41) is 2.46. The molecule has 1 unspecified atom stereocenters. The van der Waals surface area contributed by atoms with Gasteiger partial charge in [0.15, 0.2) is 0 Å². The molecule has 3 heteroatoms. The summed E-state index contributed by atoms with van der Waals surface area (Å²) >= 11 is 1.83. The van der Waals surface area contributed by atoms with E-state index in [-0.39, 0.29) is 35.1 Å². The molecule has 1 spiro atoms. The highest BCUT2D eigenvalue weighted by molar-refractivity contribution is 7.26. The van der Waals surface area contributed by atoms with Gasteiger partial charge in [0, 0.05) is 53.9 Å². The van der Waals surface area contributed by atoms with Crippen LogP contribution in [-0.2, 0) is 10.8 Å². The van der Waals surface area contributed by atoms with Gasteiger partial charge in [-0.3, -0.25) is 0 Å². The van der Waals surface area contributed by atoms with Crippen LogP contribution in [0.1, 0.15) is 54.1 Å². The van der Waals surface area contributed by atoms with E-state index in [0.717, 1.165) is 39.6 Å². The molecule has 0 bridgehead atoms. The van der Waals surface area contributed by atoms with Gasteiger partial charge in [0.05, 0.1) is 23.6 Å². The van der Waals surface area contributed by atoms with E-state index in [9.17, 15) is 2.74 Å². The quantitative estimate of drug-likeness (QED) is 0.157. The average Bonchev–Trinajstić information content (AvgIpc) is 4.23. The van der Waals surface area contributed by atoms with Crippen molar-refractivity contribution in [2.75, 3.05) is 9.80 Å². The molecule has 0 amide bonds. The van der Waals surface area contributed by atoms with Gasteiger partial charge in [-0.1, -0.05) is 196 Å².